The summed E-state index contributed by atoms with van der Waals surface area (Å²) in [6, 6.07) is 12.3. The van der Waals surface area contributed by atoms with Gasteiger partial charge in [-0.25, -0.2) is 4.79 Å². The molecule has 0 spiro atoms. The maximum atomic E-state index is 12.0. The van der Waals surface area contributed by atoms with Gasteiger partial charge < -0.3 is 9.47 Å². The number of hydrogen-bond acceptors (Lipinski definition) is 4. The highest BCUT2D eigenvalue weighted by Gasteiger charge is 2.28. The second kappa shape index (κ2) is 7.94. The van der Waals surface area contributed by atoms with E-state index in [1.165, 1.54) is 24.3 Å². The highest BCUT2D eigenvalue weighted by Crippen LogP contribution is 2.20. The molecular formula is C17H15F3O4. The average molecular weight is 340 g/mol. The molecule has 4 nitrogen and oxygen atoms in total. The van der Waals surface area contributed by atoms with Crippen LogP contribution < -0.4 is 4.74 Å². The smallest absolute Gasteiger partial charge is 0.423 e. The molecule has 0 aliphatic heterocycles. The summed E-state index contributed by atoms with van der Waals surface area (Å²) in [5.74, 6) is -0.324. The number of methoxy groups -OCH3 is 1. The number of carbonyl (C=O) groups is 1. The van der Waals surface area contributed by atoms with Gasteiger partial charge in [0.15, 0.2) is 0 Å². The van der Waals surface area contributed by atoms with Gasteiger partial charge >= 0.3 is 12.3 Å². The third-order valence-electron chi connectivity index (χ3n) is 3.04. The number of ether oxygens (including phenoxy) is 3. The second-order valence-electron chi connectivity index (χ2n) is 4.90. The van der Waals surface area contributed by atoms with Crippen molar-refractivity contribution in [1.82, 2.24) is 0 Å². The lowest BCUT2D eigenvalue weighted by molar-refractivity contribution is -0.330. The van der Waals surface area contributed by atoms with E-state index in [9.17, 15) is 18.0 Å². The number of benzene rings is 2. The number of carbonyl (C=O) groups excluding carboxylic acids is 1. The van der Waals surface area contributed by atoms with Gasteiger partial charge in [-0.3, -0.25) is 4.74 Å². The molecule has 0 saturated carbocycles. The van der Waals surface area contributed by atoms with Gasteiger partial charge in [0.1, 0.15) is 5.75 Å². The van der Waals surface area contributed by atoms with Crippen molar-refractivity contribution in [1.29, 1.82) is 0 Å². The van der Waals surface area contributed by atoms with E-state index in [-0.39, 0.29) is 5.75 Å². The van der Waals surface area contributed by atoms with Crippen molar-refractivity contribution in [2.45, 2.75) is 19.6 Å². The first-order valence-corrected chi connectivity index (χ1v) is 6.97. The molecule has 0 aliphatic carbocycles. The van der Waals surface area contributed by atoms with Gasteiger partial charge in [0.25, 0.3) is 0 Å². The van der Waals surface area contributed by atoms with Crippen molar-refractivity contribution in [2.75, 3.05) is 7.11 Å². The van der Waals surface area contributed by atoms with Gasteiger partial charge in [-0.05, 0) is 35.4 Å². The molecule has 7 heteroatoms. The van der Waals surface area contributed by atoms with Crippen LogP contribution in [-0.2, 0) is 22.7 Å². The van der Waals surface area contributed by atoms with Crippen LogP contribution in [-0.4, -0.2) is 19.4 Å². The molecule has 0 N–H and O–H groups in total. The molecule has 0 amide bonds. The summed E-state index contributed by atoms with van der Waals surface area (Å²) in [4.78, 5) is 12.0. The highest BCUT2D eigenvalue weighted by molar-refractivity contribution is 5.91. The summed E-state index contributed by atoms with van der Waals surface area (Å²) in [6.45, 7) is -0.157. The van der Waals surface area contributed by atoms with E-state index in [0.717, 1.165) is 5.56 Å². The van der Waals surface area contributed by atoms with Crippen LogP contribution in [0.5, 0.6) is 5.75 Å². The molecule has 0 unspecified atom stereocenters. The summed E-state index contributed by atoms with van der Waals surface area (Å²) in [7, 11) is 1.57. The minimum atomic E-state index is -4.68. The molecule has 0 aliphatic rings. The Morgan fingerprint density at radius 3 is 2.00 bits per heavy atom. The number of rotatable bonds is 6. The summed E-state index contributed by atoms with van der Waals surface area (Å²) < 4.78 is 49.7. The average Bonchev–Trinajstić information content (AvgIpc) is 2.54. The first-order valence-electron chi connectivity index (χ1n) is 6.97. The lowest BCUT2D eigenvalue weighted by Gasteiger charge is -2.08. The van der Waals surface area contributed by atoms with Gasteiger partial charge in [-0.2, -0.15) is 0 Å². The van der Waals surface area contributed by atoms with Crippen LogP contribution in [0.4, 0.5) is 13.2 Å². The Labute approximate surface area is 136 Å². The molecular weight excluding hydrogens is 325 g/mol. The lowest BCUT2D eigenvalue weighted by atomic mass is 10.1. The van der Waals surface area contributed by atoms with Crippen LogP contribution in [0.1, 0.15) is 21.5 Å². The van der Waals surface area contributed by atoms with Crippen LogP contribution in [0.2, 0.25) is 0 Å². The number of alkyl halides is 3. The number of esters is 1. The Kier molecular flexibility index (Phi) is 5.94. The fraction of sp³-hybridized carbons (Fsp3) is 0.235. The second-order valence-corrected chi connectivity index (χ2v) is 4.90. The topological polar surface area (TPSA) is 44.8 Å². The lowest BCUT2D eigenvalue weighted by Crippen LogP contribution is -2.13. The molecule has 0 radical (unpaired) electrons. The number of hydrogen-bond donors (Lipinski definition) is 0. The van der Waals surface area contributed by atoms with Crippen LogP contribution >= 0.6 is 0 Å². The molecule has 128 valence electrons. The van der Waals surface area contributed by atoms with Crippen LogP contribution in [0, 0.1) is 0 Å². The molecule has 0 heterocycles. The Morgan fingerprint density at radius 2 is 1.46 bits per heavy atom. The largest absolute Gasteiger partial charge is 0.522 e. The summed E-state index contributed by atoms with van der Waals surface area (Å²) in [6.07, 6.45) is -4.68. The first kappa shape index (κ1) is 18.0. The maximum Gasteiger partial charge on any atom is 0.522 e. The highest BCUT2D eigenvalue weighted by atomic mass is 19.4. The van der Waals surface area contributed by atoms with Crippen molar-refractivity contribution in [3.8, 4) is 5.75 Å². The minimum Gasteiger partial charge on any atom is -0.423 e. The Bertz CT molecular complexity index is 664. The molecule has 0 atom stereocenters. The fourth-order valence-electron chi connectivity index (χ4n) is 1.89. The predicted molar refractivity (Wildman–Crippen MR) is 79.4 cm³/mol. The summed E-state index contributed by atoms with van der Waals surface area (Å²) >= 11 is 0. The minimum absolute atomic E-state index is 0.233. The van der Waals surface area contributed by atoms with Crippen LogP contribution in [0.25, 0.3) is 0 Å². The molecule has 0 fully saturated rings. The van der Waals surface area contributed by atoms with E-state index in [4.69, 9.17) is 9.47 Å². The molecule has 2 rings (SSSR count). The van der Waals surface area contributed by atoms with E-state index in [2.05, 4.69) is 4.74 Å². The van der Waals surface area contributed by atoms with E-state index in [0.29, 0.717) is 17.7 Å². The molecule has 0 saturated heterocycles. The third-order valence-corrected chi connectivity index (χ3v) is 3.04. The Hall–Kier alpha value is -2.38. The van der Waals surface area contributed by atoms with Gasteiger partial charge in [0.2, 0.25) is 0 Å². The zero-order chi connectivity index (χ0) is 17.6. The van der Waals surface area contributed by atoms with E-state index in [1.54, 1.807) is 31.4 Å². The van der Waals surface area contributed by atoms with Crippen molar-refractivity contribution in [2.24, 2.45) is 0 Å². The fourth-order valence-corrected chi connectivity index (χ4v) is 1.89. The molecule has 0 aromatic heterocycles. The van der Waals surface area contributed by atoms with Crippen molar-refractivity contribution < 1.29 is 32.2 Å². The maximum absolute atomic E-state index is 12.0. The van der Waals surface area contributed by atoms with Gasteiger partial charge in [-0.15, -0.1) is 13.2 Å². The zero-order valence-corrected chi connectivity index (χ0v) is 12.8. The third kappa shape index (κ3) is 5.68. The van der Waals surface area contributed by atoms with Crippen LogP contribution in [0.3, 0.4) is 0 Å². The molecule has 24 heavy (non-hydrogen) atoms. The van der Waals surface area contributed by atoms with Gasteiger partial charge in [-0.1, -0.05) is 24.3 Å². The standard InChI is InChI=1S/C17H15F3O4/c1-22-10-12-2-6-14(7-3-12)16(21)24-15-8-4-13(5-9-15)11-23-17(18,19)20/h2-9H,10-11H2,1H3. The Morgan fingerprint density at radius 1 is 0.917 bits per heavy atom. The normalized spacial score (nSPS) is 11.3. The van der Waals surface area contributed by atoms with E-state index >= 15 is 0 Å². The summed E-state index contributed by atoms with van der Waals surface area (Å²) in [5.41, 5.74) is 1.60. The quantitative estimate of drug-likeness (QED) is 0.587. The monoisotopic (exact) mass is 340 g/mol. The molecule has 2 aromatic carbocycles. The predicted octanol–water partition coefficient (Wildman–Crippen LogP) is 4.09. The van der Waals surface area contributed by atoms with Crippen molar-refractivity contribution in [3.63, 3.8) is 0 Å². The van der Waals surface area contributed by atoms with Crippen molar-refractivity contribution in [3.05, 3.63) is 65.2 Å². The molecule has 0 bridgehead atoms. The van der Waals surface area contributed by atoms with Crippen LogP contribution in [0.15, 0.2) is 48.5 Å². The van der Waals surface area contributed by atoms with Crippen molar-refractivity contribution >= 4 is 5.97 Å². The molecule has 2 aromatic rings. The zero-order valence-electron chi connectivity index (χ0n) is 12.8. The Balaban J connectivity index is 1.94. The first-order chi connectivity index (χ1) is 11.4. The SMILES string of the molecule is COCc1ccc(C(=O)Oc2ccc(COC(F)(F)F)cc2)cc1. The summed E-state index contributed by atoms with van der Waals surface area (Å²) in [5, 5.41) is 0. The van der Waals surface area contributed by atoms with Gasteiger partial charge in [0.05, 0.1) is 18.8 Å². The number of halogens is 3. The van der Waals surface area contributed by atoms with E-state index in [1.807, 2.05) is 0 Å². The van der Waals surface area contributed by atoms with E-state index < -0.39 is 18.9 Å². The van der Waals surface area contributed by atoms with Gasteiger partial charge in [0, 0.05) is 7.11 Å².